The van der Waals surface area contributed by atoms with Crippen LogP contribution in [0.2, 0.25) is 0 Å². The van der Waals surface area contributed by atoms with Crippen molar-refractivity contribution in [3.63, 3.8) is 0 Å². The highest BCUT2D eigenvalue weighted by Gasteiger charge is 2.14. The average molecular weight is 307 g/mol. The number of hydrogen-bond acceptors (Lipinski definition) is 7. The van der Waals surface area contributed by atoms with Crippen LogP contribution in [0.5, 0.6) is 5.88 Å². The van der Waals surface area contributed by atoms with Crippen molar-refractivity contribution in [1.29, 1.82) is 0 Å². The number of pyridine rings is 1. The summed E-state index contributed by atoms with van der Waals surface area (Å²) in [6.45, 7) is 2.65. The fraction of sp³-hybridized carbons (Fsp3) is 0.357. The Balaban J connectivity index is 2.08. The van der Waals surface area contributed by atoms with E-state index in [0.29, 0.717) is 17.9 Å². The number of ether oxygens (including phenoxy) is 2. The van der Waals surface area contributed by atoms with Crippen molar-refractivity contribution in [2.24, 2.45) is 0 Å². The Morgan fingerprint density at radius 1 is 1.33 bits per heavy atom. The van der Waals surface area contributed by atoms with E-state index >= 15 is 0 Å². The maximum absolute atomic E-state index is 11.5. The maximum Gasteiger partial charge on any atom is 0.343 e. The number of hydrogen-bond donors (Lipinski definition) is 1. The summed E-state index contributed by atoms with van der Waals surface area (Å²) in [5, 5.41) is 6.29. The van der Waals surface area contributed by atoms with Gasteiger partial charge in [-0.15, -0.1) is 11.3 Å². The molecule has 2 aromatic heterocycles. The number of carbonyl (C=O) groups is 1. The fourth-order valence-corrected chi connectivity index (χ4v) is 2.48. The molecule has 0 aliphatic rings. The molecule has 0 spiro atoms. The Bertz CT molecular complexity index is 628. The zero-order valence-electron chi connectivity index (χ0n) is 12.2. The molecule has 6 nitrogen and oxygen atoms in total. The van der Waals surface area contributed by atoms with Gasteiger partial charge in [-0.1, -0.05) is 6.92 Å². The molecule has 0 fully saturated rings. The first-order chi connectivity index (χ1) is 10.2. The summed E-state index contributed by atoms with van der Waals surface area (Å²) in [4.78, 5) is 20.3. The van der Waals surface area contributed by atoms with Gasteiger partial charge in [0.1, 0.15) is 11.4 Å². The minimum atomic E-state index is -0.474. The zero-order valence-corrected chi connectivity index (χ0v) is 13.0. The Morgan fingerprint density at radius 2 is 2.14 bits per heavy atom. The molecule has 0 amide bonds. The SMILES string of the molecule is CCc1nc(CNc2ccc(C(=O)OC)c(OC)n2)cs1. The molecule has 0 atom stereocenters. The van der Waals surface area contributed by atoms with E-state index < -0.39 is 5.97 Å². The Hall–Kier alpha value is -2.15. The van der Waals surface area contributed by atoms with Crippen LogP contribution in [-0.4, -0.2) is 30.2 Å². The molecule has 0 bridgehead atoms. The summed E-state index contributed by atoms with van der Waals surface area (Å²) in [7, 11) is 2.79. The van der Waals surface area contributed by atoms with Crippen LogP contribution in [0.4, 0.5) is 5.82 Å². The molecule has 0 radical (unpaired) electrons. The first kappa shape index (κ1) is 15.2. The van der Waals surface area contributed by atoms with Crippen LogP contribution in [0.25, 0.3) is 0 Å². The minimum Gasteiger partial charge on any atom is -0.480 e. The second-order valence-electron chi connectivity index (χ2n) is 4.18. The molecule has 0 aliphatic heterocycles. The monoisotopic (exact) mass is 307 g/mol. The quantitative estimate of drug-likeness (QED) is 0.827. The van der Waals surface area contributed by atoms with Gasteiger partial charge in [0.2, 0.25) is 5.88 Å². The third-order valence-corrected chi connectivity index (χ3v) is 3.85. The number of thiazole rings is 1. The first-order valence-electron chi connectivity index (χ1n) is 6.48. The van der Waals surface area contributed by atoms with E-state index in [1.807, 2.05) is 5.38 Å². The number of rotatable bonds is 6. The lowest BCUT2D eigenvalue weighted by molar-refractivity contribution is 0.0596. The maximum atomic E-state index is 11.5. The molecule has 0 aromatic carbocycles. The van der Waals surface area contributed by atoms with Gasteiger partial charge in [0.25, 0.3) is 0 Å². The van der Waals surface area contributed by atoms with Crippen molar-refractivity contribution in [3.05, 3.63) is 33.8 Å². The van der Waals surface area contributed by atoms with Crippen molar-refractivity contribution in [3.8, 4) is 5.88 Å². The predicted octanol–water partition coefficient (Wildman–Crippen LogP) is 2.51. The summed E-state index contributed by atoms with van der Waals surface area (Å²) in [5.41, 5.74) is 1.27. The van der Waals surface area contributed by atoms with Gasteiger partial charge in [0.05, 0.1) is 31.5 Å². The first-order valence-corrected chi connectivity index (χ1v) is 7.36. The molecular formula is C14H17N3O3S. The number of methoxy groups -OCH3 is 2. The summed E-state index contributed by atoms with van der Waals surface area (Å²) < 4.78 is 9.79. The summed E-state index contributed by atoms with van der Waals surface area (Å²) in [5.74, 6) is 0.378. The van der Waals surface area contributed by atoms with Crippen molar-refractivity contribution in [2.45, 2.75) is 19.9 Å². The molecule has 0 saturated heterocycles. The normalized spacial score (nSPS) is 10.2. The van der Waals surface area contributed by atoms with Crippen LogP contribution in [-0.2, 0) is 17.7 Å². The average Bonchev–Trinajstić information content (AvgIpc) is 3.00. The van der Waals surface area contributed by atoms with Gasteiger partial charge < -0.3 is 14.8 Å². The molecule has 0 saturated carbocycles. The molecule has 2 aromatic rings. The minimum absolute atomic E-state index is 0.236. The van der Waals surface area contributed by atoms with E-state index in [-0.39, 0.29) is 5.88 Å². The van der Waals surface area contributed by atoms with Crippen LogP contribution in [0, 0.1) is 0 Å². The largest absolute Gasteiger partial charge is 0.480 e. The van der Waals surface area contributed by atoms with Crippen molar-refractivity contribution in [2.75, 3.05) is 19.5 Å². The fourth-order valence-electron chi connectivity index (χ4n) is 1.73. The van der Waals surface area contributed by atoms with Gasteiger partial charge in [-0.25, -0.2) is 9.78 Å². The third-order valence-electron chi connectivity index (χ3n) is 2.81. The third kappa shape index (κ3) is 3.69. The van der Waals surface area contributed by atoms with E-state index in [2.05, 4.69) is 26.9 Å². The molecule has 2 heterocycles. The summed E-state index contributed by atoms with van der Waals surface area (Å²) >= 11 is 1.64. The van der Waals surface area contributed by atoms with Gasteiger partial charge in [0, 0.05) is 5.38 Å². The lowest BCUT2D eigenvalue weighted by Gasteiger charge is -2.09. The highest BCUT2D eigenvalue weighted by Crippen LogP contribution is 2.20. The van der Waals surface area contributed by atoms with E-state index in [1.54, 1.807) is 23.5 Å². The molecule has 0 aliphatic carbocycles. The smallest absolute Gasteiger partial charge is 0.343 e. The number of aromatic nitrogens is 2. The Morgan fingerprint density at radius 3 is 2.76 bits per heavy atom. The number of carbonyl (C=O) groups excluding carboxylic acids is 1. The van der Waals surface area contributed by atoms with Crippen LogP contribution < -0.4 is 10.1 Å². The standard InChI is InChI=1S/C14H17N3O3S/c1-4-12-16-9(8-21-12)7-15-11-6-5-10(14(18)20-3)13(17-11)19-2/h5-6,8H,4,7H2,1-3H3,(H,15,17). The van der Waals surface area contributed by atoms with Gasteiger partial charge in [-0.2, -0.15) is 4.98 Å². The van der Waals surface area contributed by atoms with Crippen LogP contribution in [0.1, 0.15) is 28.0 Å². The summed E-state index contributed by atoms with van der Waals surface area (Å²) in [6.07, 6.45) is 0.935. The number of esters is 1. The number of nitrogens with zero attached hydrogens (tertiary/aromatic N) is 2. The van der Waals surface area contributed by atoms with Crippen LogP contribution >= 0.6 is 11.3 Å². The topological polar surface area (TPSA) is 73.3 Å². The number of nitrogens with one attached hydrogen (secondary N) is 1. The molecule has 21 heavy (non-hydrogen) atoms. The van der Waals surface area contributed by atoms with E-state index in [0.717, 1.165) is 17.1 Å². The lowest BCUT2D eigenvalue weighted by atomic mass is 10.2. The van der Waals surface area contributed by atoms with E-state index in [9.17, 15) is 4.79 Å². The Kier molecular flexibility index (Phi) is 5.10. The highest BCUT2D eigenvalue weighted by atomic mass is 32.1. The highest BCUT2D eigenvalue weighted by molar-refractivity contribution is 7.09. The molecule has 2 rings (SSSR count). The Labute approximate surface area is 127 Å². The van der Waals surface area contributed by atoms with Gasteiger partial charge in [0.15, 0.2) is 0 Å². The van der Waals surface area contributed by atoms with E-state index in [1.165, 1.54) is 14.2 Å². The van der Waals surface area contributed by atoms with Gasteiger partial charge in [-0.05, 0) is 18.6 Å². The molecular weight excluding hydrogens is 290 g/mol. The second-order valence-corrected chi connectivity index (χ2v) is 5.13. The van der Waals surface area contributed by atoms with Crippen molar-refractivity contribution >= 4 is 23.1 Å². The molecule has 1 N–H and O–H groups in total. The van der Waals surface area contributed by atoms with Crippen molar-refractivity contribution < 1.29 is 14.3 Å². The number of anilines is 1. The van der Waals surface area contributed by atoms with Gasteiger partial charge in [-0.3, -0.25) is 0 Å². The van der Waals surface area contributed by atoms with Crippen LogP contribution in [0.3, 0.4) is 0 Å². The summed E-state index contributed by atoms with van der Waals surface area (Å²) in [6, 6.07) is 3.33. The molecule has 112 valence electrons. The van der Waals surface area contributed by atoms with Crippen LogP contribution in [0.15, 0.2) is 17.5 Å². The lowest BCUT2D eigenvalue weighted by Crippen LogP contribution is -2.08. The molecule has 7 heteroatoms. The second kappa shape index (κ2) is 7.03. The van der Waals surface area contributed by atoms with E-state index in [4.69, 9.17) is 4.74 Å². The van der Waals surface area contributed by atoms with Gasteiger partial charge >= 0.3 is 5.97 Å². The zero-order chi connectivity index (χ0) is 15.2. The predicted molar refractivity (Wildman–Crippen MR) is 80.9 cm³/mol. The molecule has 0 unspecified atom stereocenters. The number of aryl methyl sites for hydroxylation is 1. The van der Waals surface area contributed by atoms with Crippen molar-refractivity contribution in [1.82, 2.24) is 9.97 Å².